The van der Waals surface area contributed by atoms with E-state index in [9.17, 15) is 0 Å². The molecule has 0 amide bonds. The predicted molar refractivity (Wildman–Crippen MR) is 75.8 cm³/mol. The number of hydrogen-bond donors (Lipinski definition) is 1. The van der Waals surface area contributed by atoms with E-state index in [1.807, 2.05) is 14.2 Å². The minimum atomic E-state index is 0.0149. The SMILES string of the molecule is CCCc1ccc(C(NC)C2(OC)CCC2)cc1. The molecule has 0 bridgehead atoms. The van der Waals surface area contributed by atoms with Crippen molar-refractivity contribution in [1.82, 2.24) is 5.32 Å². The van der Waals surface area contributed by atoms with E-state index in [4.69, 9.17) is 4.74 Å². The lowest BCUT2D eigenvalue weighted by atomic mass is 9.72. The van der Waals surface area contributed by atoms with Gasteiger partial charge in [0, 0.05) is 7.11 Å². The zero-order chi connectivity index (χ0) is 13.0. The molecule has 1 saturated carbocycles. The second-order valence-electron chi connectivity index (χ2n) is 5.34. The second-order valence-corrected chi connectivity index (χ2v) is 5.34. The van der Waals surface area contributed by atoms with Gasteiger partial charge >= 0.3 is 0 Å². The van der Waals surface area contributed by atoms with E-state index in [1.54, 1.807) is 0 Å². The van der Waals surface area contributed by atoms with Crippen molar-refractivity contribution in [3.05, 3.63) is 35.4 Å². The predicted octanol–water partition coefficient (Wildman–Crippen LogP) is 3.47. The zero-order valence-corrected chi connectivity index (χ0v) is 11.8. The van der Waals surface area contributed by atoms with Crippen molar-refractivity contribution in [3.8, 4) is 0 Å². The molecule has 0 spiro atoms. The number of benzene rings is 1. The second kappa shape index (κ2) is 5.85. The van der Waals surface area contributed by atoms with E-state index in [2.05, 4.69) is 36.5 Å². The fourth-order valence-corrected chi connectivity index (χ4v) is 3.03. The first-order valence-electron chi connectivity index (χ1n) is 7.07. The summed E-state index contributed by atoms with van der Waals surface area (Å²) in [5.74, 6) is 0. The number of aryl methyl sites for hydroxylation is 1. The Kier molecular flexibility index (Phi) is 4.41. The maximum Gasteiger partial charge on any atom is 0.0872 e. The minimum absolute atomic E-state index is 0.0149. The quantitative estimate of drug-likeness (QED) is 0.831. The molecule has 0 aliphatic heterocycles. The van der Waals surface area contributed by atoms with Crippen molar-refractivity contribution in [2.24, 2.45) is 0 Å². The van der Waals surface area contributed by atoms with Gasteiger partial charge in [0.25, 0.3) is 0 Å². The minimum Gasteiger partial charge on any atom is -0.376 e. The first-order chi connectivity index (χ1) is 8.75. The summed E-state index contributed by atoms with van der Waals surface area (Å²) in [7, 11) is 3.87. The fourth-order valence-electron chi connectivity index (χ4n) is 3.03. The van der Waals surface area contributed by atoms with Crippen LogP contribution >= 0.6 is 0 Å². The Hall–Kier alpha value is -0.860. The summed E-state index contributed by atoms with van der Waals surface area (Å²) in [6.07, 6.45) is 5.97. The van der Waals surface area contributed by atoms with Crippen molar-refractivity contribution in [2.75, 3.05) is 14.2 Å². The molecule has 0 radical (unpaired) electrons. The Morgan fingerprint density at radius 1 is 1.28 bits per heavy atom. The van der Waals surface area contributed by atoms with Crippen molar-refractivity contribution in [1.29, 1.82) is 0 Å². The highest BCUT2D eigenvalue weighted by atomic mass is 16.5. The molecule has 1 aliphatic rings. The number of ether oxygens (including phenoxy) is 1. The molecule has 2 rings (SSSR count). The molecular weight excluding hydrogens is 222 g/mol. The van der Waals surface area contributed by atoms with Gasteiger partial charge in [-0.15, -0.1) is 0 Å². The van der Waals surface area contributed by atoms with E-state index >= 15 is 0 Å². The molecule has 1 aromatic carbocycles. The van der Waals surface area contributed by atoms with Crippen LogP contribution in [0.25, 0.3) is 0 Å². The lowest BCUT2D eigenvalue weighted by Gasteiger charge is -2.46. The summed E-state index contributed by atoms with van der Waals surface area (Å²) < 4.78 is 5.80. The van der Waals surface area contributed by atoms with Crippen LogP contribution in [0.3, 0.4) is 0 Å². The number of methoxy groups -OCH3 is 1. The number of nitrogens with one attached hydrogen (secondary N) is 1. The average molecular weight is 247 g/mol. The molecule has 1 aliphatic carbocycles. The molecule has 2 nitrogen and oxygen atoms in total. The third-order valence-corrected chi connectivity index (χ3v) is 4.27. The lowest BCUT2D eigenvalue weighted by molar-refractivity contribution is -0.0983. The average Bonchev–Trinajstić information content (AvgIpc) is 2.35. The summed E-state index contributed by atoms with van der Waals surface area (Å²) in [6.45, 7) is 2.22. The molecule has 1 N–H and O–H groups in total. The normalized spacial score (nSPS) is 19.3. The highest BCUT2D eigenvalue weighted by molar-refractivity contribution is 5.28. The Morgan fingerprint density at radius 3 is 2.33 bits per heavy atom. The van der Waals surface area contributed by atoms with Crippen LogP contribution in [0.1, 0.15) is 49.8 Å². The zero-order valence-electron chi connectivity index (χ0n) is 11.8. The van der Waals surface area contributed by atoms with Gasteiger partial charge in [0.05, 0.1) is 11.6 Å². The van der Waals surface area contributed by atoms with Gasteiger partial charge in [0.15, 0.2) is 0 Å². The first-order valence-corrected chi connectivity index (χ1v) is 7.07. The Morgan fingerprint density at radius 2 is 1.94 bits per heavy atom. The number of rotatable bonds is 6. The van der Waals surface area contributed by atoms with Crippen LogP contribution in [-0.4, -0.2) is 19.8 Å². The van der Waals surface area contributed by atoms with Crippen LogP contribution in [0.4, 0.5) is 0 Å². The molecule has 0 aromatic heterocycles. The van der Waals surface area contributed by atoms with Gasteiger partial charge in [-0.3, -0.25) is 0 Å². The van der Waals surface area contributed by atoms with Crippen molar-refractivity contribution in [3.63, 3.8) is 0 Å². The molecule has 100 valence electrons. The third-order valence-electron chi connectivity index (χ3n) is 4.27. The van der Waals surface area contributed by atoms with Crippen molar-refractivity contribution in [2.45, 2.75) is 50.7 Å². The Bertz CT molecular complexity index is 362. The van der Waals surface area contributed by atoms with Crippen LogP contribution in [-0.2, 0) is 11.2 Å². The van der Waals surface area contributed by atoms with Crippen LogP contribution in [0, 0.1) is 0 Å². The smallest absolute Gasteiger partial charge is 0.0872 e. The van der Waals surface area contributed by atoms with Crippen molar-refractivity contribution < 1.29 is 4.74 Å². The van der Waals surface area contributed by atoms with Crippen LogP contribution in [0.5, 0.6) is 0 Å². The molecule has 18 heavy (non-hydrogen) atoms. The van der Waals surface area contributed by atoms with E-state index in [1.165, 1.54) is 30.4 Å². The van der Waals surface area contributed by atoms with Crippen LogP contribution in [0.15, 0.2) is 24.3 Å². The number of hydrogen-bond acceptors (Lipinski definition) is 2. The lowest BCUT2D eigenvalue weighted by Crippen LogP contribution is -2.49. The molecule has 0 heterocycles. The largest absolute Gasteiger partial charge is 0.376 e. The standard InChI is InChI=1S/C16H25NO/c1-4-6-13-7-9-14(10-8-13)15(17-2)16(18-3)11-5-12-16/h7-10,15,17H,4-6,11-12H2,1-3H3. The summed E-state index contributed by atoms with van der Waals surface area (Å²) in [5, 5.41) is 3.44. The van der Waals surface area contributed by atoms with Gasteiger partial charge in [0.2, 0.25) is 0 Å². The Labute approximate surface area is 111 Å². The third kappa shape index (κ3) is 2.45. The summed E-state index contributed by atoms with van der Waals surface area (Å²) in [5.41, 5.74) is 2.79. The van der Waals surface area contributed by atoms with Crippen LogP contribution < -0.4 is 5.32 Å². The summed E-state index contributed by atoms with van der Waals surface area (Å²) in [4.78, 5) is 0. The monoisotopic (exact) mass is 247 g/mol. The first kappa shape index (κ1) is 13.6. The maximum absolute atomic E-state index is 5.80. The van der Waals surface area contributed by atoms with E-state index in [-0.39, 0.29) is 5.60 Å². The highest BCUT2D eigenvalue weighted by Gasteiger charge is 2.44. The molecule has 1 unspecified atom stereocenters. The van der Waals surface area contributed by atoms with Gasteiger partial charge in [-0.1, -0.05) is 37.6 Å². The number of likely N-dealkylation sites (N-methyl/N-ethyl adjacent to an activating group) is 1. The maximum atomic E-state index is 5.80. The van der Waals surface area contributed by atoms with Gasteiger partial charge in [-0.05, 0) is 43.9 Å². The van der Waals surface area contributed by atoms with Crippen LogP contribution in [0.2, 0.25) is 0 Å². The van der Waals surface area contributed by atoms with E-state index in [0.29, 0.717) is 6.04 Å². The molecule has 0 saturated heterocycles. The topological polar surface area (TPSA) is 21.3 Å². The summed E-state index contributed by atoms with van der Waals surface area (Å²) >= 11 is 0. The van der Waals surface area contributed by atoms with Gasteiger partial charge in [0.1, 0.15) is 0 Å². The van der Waals surface area contributed by atoms with Gasteiger partial charge < -0.3 is 10.1 Å². The van der Waals surface area contributed by atoms with Gasteiger partial charge in [-0.2, -0.15) is 0 Å². The molecular formula is C16H25NO. The molecule has 1 fully saturated rings. The highest BCUT2D eigenvalue weighted by Crippen LogP contribution is 2.44. The Balaban J connectivity index is 2.17. The fraction of sp³-hybridized carbons (Fsp3) is 0.625. The molecule has 1 atom stereocenters. The summed E-state index contributed by atoms with van der Waals surface area (Å²) in [6, 6.07) is 9.33. The van der Waals surface area contributed by atoms with E-state index < -0.39 is 0 Å². The molecule has 1 aromatic rings. The van der Waals surface area contributed by atoms with E-state index in [0.717, 1.165) is 12.8 Å². The van der Waals surface area contributed by atoms with Gasteiger partial charge in [-0.25, -0.2) is 0 Å². The molecule has 2 heteroatoms. The van der Waals surface area contributed by atoms with Crippen molar-refractivity contribution >= 4 is 0 Å².